The van der Waals surface area contributed by atoms with Gasteiger partial charge in [0, 0.05) is 31.5 Å². The van der Waals surface area contributed by atoms with Crippen molar-refractivity contribution in [2.45, 2.75) is 25.5 Å². The molecule has 0 unspecified atom stereocenters. The Morgan fingerprint density at radius 2 is 1.28 bits per heavy atom. The van der Waals surface area contributed by atoms with Gasteiger partial charge in [0.05, 0.1) is 12.0 Å². The summed E-state index contributed by atoms with van der Waals surface area (Å²) in [6.45, 7) is 5.27. The summed E-state index contributed by atoms with van der Waals surface area (Å²) in [5.41, 5.74) is 0.567. The zero-order chi connectivity index (χ0) is 38.0. The highest BCUT2D eigenvalue weighted by Crippen LogP contribution is 2.50. The van der Waals surface area contributed by atoms with Crippen LogP contribution >= 0.6 is 6.89 Å². The molecule has 272 valence electrons. The SMILES string of the molecule is C=CCOC(=O)O[C@H](C)[C@H]1C(=O)N(C(C(=O)OCC=C)=P(c2ccccc2)(c2ccccc2)c2ccccc2)[C@@H]1CC(=O)c1cccc(C(=O)NC)c1. The van der Waals surface area contributed by atoms with E-state index in [-0.39, 0.29) is 42.1 Å². The molecule has 4 aromatic carbocycles. The maximum Gasteiger partial charge on any atom is 0.508 e. The van der Waals surface area contributed by atoms with Gasteiger partial charge in [-0.1, -0.05) is 128 Å². The molecule has 1 saturated heterocycles. The number of nitrogens with zero attached hydrogens (tertiary/aromatic N) is 1. The van der Waals surface area contributed by atoms with Crippen LogP contribution in [0.3, 0.4) is 0 Å². The van der Waals surface area contributed by atoms with Crippen LogP contribution < -0.4 is 21.2 Å². The number of ether oxygens (including phenoxy) is 3. The van der Waals surface area contributed by atoms with E-state index >= 15 is 0 Å². The molecular weight excluding hydrogens is 691 g/mol. The monoisotopic (exact) mass is 732 g/mol. The molecule has 0 aromatic heterocycles. The summed E-state index contributed by atoms with van der Waals surface area (Å²) < 4.78 is 16.4. The minimum Gasteiger partial charge on any atom is -0.457 e. The van der Waals surface area contributed by atoms with Gasteiger partial charge in [0.1, 0.15) is 24.7 Å². The number of rotatable bonds is 15. The molecule has 4 aromatic rings. The van der Waals surface area contributed by atoms with Crippen molar-refractivity contribution in [2.75, 3.05) is 20.3 Å². The van der Waals surface area contributed by atoms with Crippen molar-refractivity contribution in [3.05, 3.63) is 152 Å². The molecule has 1 heterocycles. The van der Waals surface area contributed by atoms with Crippen molar-refractivity contribution < 1.29 is 38.2 Å². The van der Waals surface area contributed by atoms with E-state index in [1.165, 1.54) is 30.2 Å². The van der Waals surface area contributed by atoms with E-state index in [0.29, 0.717) is 0 Å². The average molecular weight is 733 g/mol. The van der Waals surface area contributed by atoms with Crippen LogP contribution in [0.5, 0.6) is 0 Å². The lowest BCUT2D eigenvalue weighted by molar-refractivity contribution is -0.158. The van der Waals surface area contributed by atoms with Gasteiger partial charge in [-0.25, -0.2) is 9.59 Å². The number of likely N-dealkylation sites (tertiary alicyclic amines) is 1. The first kappa shape index (κ1) is 38.2. The van der Waals surface area contributed by atoms with Crippen molar-refractivity contribution in [1.82, 2.24) is 10.2 Å². The number of benzene rings is 4. The highest BCUT2D eigenvalue weighted by molar-refractivity contribution is 7.96. The Hall–Kier alpha value is -5.99. The zero-order valence-electron chi connectivity index (χ0n) is 29.6. The summed E-state index contributed by atoms with van der Waals surface area (Å²) in [4.78, 5) is 70.1. The van der Waals surface area contributed by atoms with Crippen molar-refractivity contribution in [3.8, 4) is 0 Å². The Labute approximate surface area is 309 Å². The van der Waals surface area contributed by atoms with E-state index < -0.39 is 48.8 Å². The van der Waals surface area contributed by atoms with Gasteiger partial charge in [0.2, 0.25) is 5.91 Å². The molecular formula is C42H41N2O8P. The summed E-state index contributed by atoms with van der Waals surface area (Å²) in [6, 6.07) is 33.6. The maximum absolute atomic E-state index is 14.8. The highest BCUT2D eigenvalue weighted by atomic mass is 31.2. The minimum absolute atomic E-state index is 0.0579. The number of hydrogen-bond acceptors (Lipinski definition) is 8. The Morgan fingerprint density at radius 1 is 0.774 bits per heavy atom. The van der Waals surface area contributed by atoms with Gasteiger partial charge in [-0.2, -0.15) is 0 Å². The molecule has 1 N–H and O–H groups in total. The average Bonchev–Trinajstić information content (AvgIpc) is 3.19. The first-order valence-corrected chi connectivity index (χ1v) is 18.8. The van der Waals surface area contributed by atoms with Crippen molar-refractivity contribution in [2.24, 2.45) is 5.92 Å². The molecule has 0 spiro atoms. The predicted molar refractivity (Wildman–Crippen MR) is 206 cm³/mol. The van der Waals surface area contributed by atoms with Crippen LogP contribution in [0.1, 0.15) is 34.1 Å². The molecule has 0 radical (unpaired) electrons. The lowest BCUT2D eigenvalue weighted by atomic mass is 9.79. The number of nitrogens with one attached hydrogen (secondary N) is 1. The number of hydrogen-bond donors (Lipinski definition) is 1. The summed E-state index contributed by atoms with van der Waals surface area (Å²) in [5.74, 6) is -3.12. The van der Waals surface area contributed by atoms with Gasteiger partial charge in [0.25, 0.3) is 5.91 Å². The van der Waals surface area contributed by atoms with E-state index in [1.54, 1.807) is 25.1 Å². The Kier molecular flexibility index (Phi) is 12.6. The molecule has 1 aliphatic heterocycles. The number of carbonyl (C=O) groups is 5. The molecule has 3 atom stereocenters. The topological polar surface area (TPSA) is 128 Å². The number of carbonyl (C=O) groups excluding carboxylic acids is 5. The van der Waals surface area contributed by atoms with Gasteiger partial charge in [-0.3, -0.25) is 14.4 Å². The molecule has 10 nitrogen and oxygen atoms in total. The lowest BCUT2D eigenvalue weighted by Crippen LogP contribution is -2.69. The highest BCUT2D eigenvalue weighted by Gasteiger charge is 2.57. The van der Waals surface area contributed by atoms with Crippen LogP contribution in [-0.4, -0.2) is 72.4 Å². The second-order valence-electron chi connectivity index (χ2n) is 12.1. The van der Waals surface area contributed by atoms with E-state index in [0.717, 1.165) is 15.9 Å². The van der Waals surface area contributed by atoms with Crippen molar-refractivity contribution in [1.29, 1.82) is 0 Å². The lowest BCUT2D eigenvalue weighted by Gasteiger charge is -2.51. The second-order valence-corrected chi connectivity index (χ2v) is 15.5. The quantitative estimate of drug-likeness (QED) is 0.0594. The fourth-order valence-corrected chi connectivity index (χ4v) is 11.0. The number of amides is 2. The molecule has 0 saturated carbocycles. The number of Topliss-reactive ketones (excluding diaryl/α,β-unsaturated/α-hetero) is 1. The molecule has 11 heteroatoms. The Bertz CT molecular complexity index is 1950. The smallest absolute Gasteiger partial charge is 0.457 e. The van der Waals surface area contributed by atoms with E-state index in [9.17, 15) is 24.0 Å². The molecule has 53 heavy (non-hydrogen) atoms. The third-order valence-electron chi connectivity index (χ3n) is 8.94. The summed E-state index contributed by atoms with van der Waals surface area (Å²) >= 11 is 0. The van der Waals surface area contributed by atoms with Crippen LogP contribution in [-0.2, 0) is 23.8 Å². The zero-order valence-corrected chi connectivity index (χ0v) is 30.4. The minimum atomic E-state index is -3.29. The maximum atomic E-state index is 14.8. The molecule has 1 aliphatic rings. The number of esters is 1. The summed E-state index contributed by atoms with van der Waals surface area (Å²) in [7, 11) is 1.49. The third-order valence-corrected chi connectivity index (χ3v) is 13.2. The number of β-lactam (4-membered cyclic amide) rings is 1. The van der Waals surface area contributed by atoms with Gasteiger partial charge >= 0.3 is 12.1 Å². The number of ketones is 1. The van der Waals surface area contributed by atoms with E-state index in [4.69, 9.17) is 14.2 Å². The second kappa shape index (κ2) is 17.5. The van der Waals surface area contributed by atoms with Crippen molar-refractivity contribution in [3.63, 3.8) is 0 Å². The van der Waals surface area contributed by atoms with E-state index in [2.05, 4.69) is 18.5 Å². The van der Waals surface area contributed by atoms with Crippen LogP contribution in [0, 0.1) is 5.92 Å². The Balaban J connectivity index is 1.80. The molecule has 5 rings (SSSR count). The first-order chi connectivity index (χ1) is 25.7. The molecule has 1 fully saturated rings. The fraction of sp³-hybridized carbons (Fsp3) is 0.190. The van der Waals surface area contributed by atoms with Crippen LogP contribution in [0.2, 0.25) is 0 Å². The standard InChI is InChI=1S/C42H41N2O8P/c1-5-25-50-41(48)40(53(32-19-10-7-11-20-32,33-21-12-8-13-22-33)34-23-14-9-15-24-34)44-35(37(39(44)47)29(3)52-42(49)51-26-6-2)28-36(45)30-17-16-18-31(27-30)38(46)43-4/h5-24,27,29,35,37H,1-2,25-26,28H2,3-4H3,(H,43,46)/t29-,35-,37-/m1/s1. The van der Waals surface area contributed by atoms with Crippen molar-refractivity contribution >= 4 is 57.9 Å². The largest absolute Gasteiger partial charge is 0.508 e. The molecule has 0 aliphatic carbocycles. The van der Waals surface area contributed by atoms with Gasteiger partial charge < -0.3 is 24.4 Å². The van der Waals surface area contributed by atoms with Crippen LogP contribution in [0.4, 0.5) is 4.79 Å². The molecule has 0 bridgehead atoms. The fourth-order valence-electron chi connectivity index (χ4n) is 6.60. The predicted octanol–water partition coefficient (Wildman–Crippen LogP) is 5.03. The summed E-state index contributed by atoms with van der Waals surface area (Å²) in [5, 5.41) is 4.85. The van der Waals surface area contributed by atoms with E-state index in [1.807, 2.05) is 91.0 Å². The van der Waals surface area contributed by atoms with Gasteiger partial charge in [-0.15, -0.1) is 0 Å². The third kappa shape index (κ3) is 7.93. The van der Waals surface area contributed by atoms with Gasteiger partial charge in [0.15, 0.2) is 5.78 Å². The Morgan fingerprint density at radius 3 is 1.79 bits per heavy atom. The van der Waals surface area contributed by atoms with Crippen LogP contribution in [0.15, 0.2) is 141 Å². The van der Waals surface area contributed by atoms with Crippen LogP contribution in [0.25, 0.3) is 0 Å². The summed E-state index contributed by atoms with van der Waals surface area (Å²) in [6.07, 6.45) is 0.470. The first-order valence-electron chi connectivity index (χ1n) is 17.0. The molecule has 2 amide bonds. The normalized spacial score (nSPS) is 15.6. The van der Waals surface area contributed by atoms with Gasteiger partial charge in [-0.05, 0) is 35.0 Å².